The Balaban J connectivity index is 2.16. The zero-order chi connectivity index (χ0) is 13.4. The van der Waals surface area contributed by atoms with Crippen molar-refractivity contribution in [3.05, 3.63) is 42.5 Å². The first-order valence-corrected chi connectivity index (χ1v) is 13.1. The second kappa shape index (κ2) is 4.80. The smallest absolute Gasteiger partial charge is 0.115 e. The van der Waals surface area contributed by atoms with E-state index in [1.54, 1.807) is 0 Å². The summed E-state index contributed by atoms with van der Waals surface area (Å²) in [6, 6.07) is 13.6. The molecular weight excluding hydrogens is 250 g/mol. The normalized spacial score (nSPS) is 22.0. The first-order chi connectivity index (χ1) is 8.33. The third kappa shape index (κ3) is 2.68. The summed E-state index contributed by atoms with van der Waals surface area (Å²) in [5.74, 6) is 0. The third-order valence-electron chi connectivity index (χ3n) is 4.34. The Hall–Kier alpha value is -0.646. The van der Waals surface area contributed by atoms with E-state index < -0.39 is 16.5 Å². The lowest BCUT2D eigenvalue weighted by molar-refractivity contribution is 0.713. The monoisotopic (exact) mass is 275 g/mol. The zero-order valence-corrected chi connectivity index (χ0v) is 14.2. The topological polar surface area (TPSA) is 3.24 Å². The highest BCUT2D eigenvalue weighted by molar-refractivity contribution is 6.95. The highest BCUT2D eigenvalue weighted by Crippen LogP contribution is 2.37. The minimum absolute atomic E-state index is 1.09. The van der Waals surface area contributed by atoms with E-state index >= 15 is 0 Å². The van der Waals surface area contributed by atoms with E-state index in [0.29, 0.717) is 0 Å². The van der Waals surface area contributed by atoms with E-state index in [0.717, 1.165) is 6.54 Å². The molecule has 1 aliphatic heterocycles. The van der Waals surface area contributed by atoms with Gasteiger partial charge in [0.15, 0.2) is 0 Å². The first kappa shape index (κ1) is 13.8. The highest BCUT2D eigenvalue weighted by atomic mass is 28.4. The number of nitrogens with zero attached hydrogens (tertiary/aromatic N) is 1. The summed E-state index contributed by atoms with van der Waals surface area (Å²) < 4.78 is 2.88. The van der Waals surface area contributed by atoms with Crippen LogP contribution in [0.25, 0.3) is 5.57 Å². The van der Waals surface area contributed by atoms with E-state index in [4.69, 9.17) is 0 Å². The molecule has 0 aliphatic carbocycles. The second-order valence-corrected chi connectivity index (χ2v) is 16.5. The maximum atomic E-state index is 4.32. The standard InChI is InChI=1S/C15H25NSi2/c1-14(15-9-7-6-8-10-15)13-16-17(2,3)11-12-18(16,4)5/h6-10H,1,11-13H2,2-5H3. The SMILES string of the molecule is C=C(CN1[Si](C)(C)CC[Si]1(C)C)c1ccccc1. The molecule has 0 amide bonds. The quantitative estimate of drug-likeness (QED) is 0.738. The van der Waals surface area contributed by atoms with Gasteiger partial charge in [-0.05, 0) is 23.2 Å². The second-order valence-electron chi connectivity index (χ2n) is 6.68. The van der Waals surface area contributed by atoms with Gasteiger partial charge in [-0.1, -0.05) is 63.1 Å². The first-order valence-electron chi connectivity index (χ1n) is 6.84. The van der Waals surface area contributed by atoms with Crippen LogP contribution >= 0.6 is 0 Å². The molecule has 2 rings (SSSR count). The van der Waals surface area contributed by atoms with Crippen LogP contribution in [0.5, 0.6) is 0 Å². The van der Waals surface area contributed by atoms with Crippen LogP contribution in [0.3, 0.4) is 0 Å². The summed E-state index contributed by atoms with van der Waals surface area (Å²) in [6.45, 7) is 15.5. The van der Waals surface area contributed by atoms with Crippen molar-refractivity contribution in [2.75, 3.05) is 6.54 Å². The minimum Gasteiger partial charge on any atom is -0.342 e. The molecule has 0 radical (unpaired) electrons. The molecule has 1 nitrogen and oxygen atoms in total. The molecule has 3 heteroatoms. The Morgan fingerprint density at radius 1 is 1.06 bits per heavy atom. The number of hydrogen-bond acceptors (Lipinski definition) is 1. The van der Waals surface area contributed by atoms with Gasteiger partial charge in [0.1, 0.15) is 16.5 Å². The van der Waals surface area contributed by atoms with Gasteiger partial charge in [-0.3, -0.25) is 0 Å². The predicted molar refractivity (Wildman–Crippen MR) is 86.8 cm³/mol. The molecule has 0 bridgehead atoms. The fourth-order valence-electron chi connectivity index (χ4n) is 3.09. The van der Waals surface area contributed by atoms with Gasteiger partial charge >= 0.3 is 0 Å². The van der Waals surface area contributed by atoms with Crippen LogP contribution in [-0.2, 0) is 0 Å². The zero-order valence-electron chi connectivity index (χ0n) is 12.2. The molecule has 0 atom stereocenters. The summed E-state index contributed by atoms with van der Waals surface area (Å²) in [4.78, 5) is 0. The van der Waals surface area contributed by atoms with Crippen molar-refractivity contribution >= 4 is 22.0 Å². The van der Waals surface area contributed by atoms with Gasteiger partial charge in [0.2, 0.25) is 0 Å². The molecule has 98 valence electrons. The maximum absolute atomic E-state index is 4.32. The lowest BCUT2D eigenvalue weighted by atomic mass is 10.1. The Bertz CT molecular complexity index is 421. The van der Waals surface area contributed by atoms with Crippen molar-refractivity contribution in [2.45, 2.75) is 38.3 Å². The molecular formula is C15H25NSi2. The summed E-state index contributed by atoms with van der Waals surface area (Å²) >= 11 is 0. The molecule has 1 saturated heterocycles. The van der Waals surface area contributed by atoms with E-state index in [2.05, 4.69) is 67.3 Å². The van der Waals surface area contributed by atoms with Gasteiger partial charge < -0.3 is 4.23 Å². The van der Waals surface area contributed by atoms with Crippen molar-refractivity contribution < 1.29 is 0 Å². The number of rotatable bonds is 3. The maximum Gasteiger partial charge on any atom is 0.115 e. The van der Waals surface area contributed by atoms with Crippen molar-refractivity contribution in [3.63, 3.8) is 0 Å². The van der Waals surface area contributed by atoms with Crippen LogP contribution in [0.2, 0.25) is 38.3 Å². The average Bonchev–Trinajstić information content (AvgIpc) is 2.53. The van der Waals surface area contributed by atoms with Crippen LogP contribution in [0.4, 0.5) is 0 Å². The van der Waals surface area contributed by atoms with Gasteiger partial charge in [0, 0.05) is 6.54 Å². The van der Waals surface area contributed by atoms with Gasteiger partial charge in [0.25, 0.3) is 0 Å². The van der Waals surface area contributed by atoms with Gasteiger partial charge in [-0.15, -0.1) is 0 Å². The lowest BCUT2D eigenvalue weighted by Gasteiger charge is -2.39. The van der Waals surface area contributed by atoms with Crippen molar-refractivity contribution in [3.8, 4) is 0 Å². The Morgan fingerprint density at radius 2 is 1.56 bits per heavy atom. The summed E-state index contributed by atoms with van der Waals surface area (Å²) in [7, 11) is -2.33. The predicted octanol–water partition coefficient (Wildman–Crippen LogP) is 4.43. The molecule has 1 aromatic carbocycles. The molecule has 0 saturated carbocycles. The molecule has 0 spiro atoms. The van der Waals surface area contributed by atoms with Crippen LogP contribution in [0.15, 0.2) is 36.9 Å². The van der Waals surface area contributed by atoms with Crippen LogP contribution < -0.4 is 0 Å². The molecule has 1 aromatic rings. The van der Waals surface area contributed by atoms with E-state index in [9.17, 15) is 0 Å². The van der Waals surface area contributed by atoms with E-state index in [1.165, 1.54) is 23.2 Å². The minimum atomic E-state index is -1.17. The Labute approximate surface area is 114 Å². The fraction of sp³-hybridized carbons (Fsp3) is 0.467. The van der Waals surface area contributed by atoms with Gasteiger partial charge in [-0.25, -0.2) is 0 Å². The Kier molecular flexibility index (Phi) is 3.67. The van der Waals surface area contributed by atoms with Gasteiger partial charge in [-0.2, -0.15) is 0 Å². The number of hydrogen-bond donors (Lipinski definition) is 0. The third-order valence-corrected chi connectivity index (χ3v) is 14.7. The van der Waals surface area contributed by atoms with E-state index in [-0.39, 0.29) is 0 Å². The Morgan fingerprint density at radius 3 is 2.06 bits per heavy atom. The number of benzene rings is 1. The molecule has 18 heavy (non-hydrogen) atoms. The van der Waals surface area contributed by atoms with Crippen molar-refractivity contribution in [1.82, 2.24) is 4.23 Å². The van der Waals surface area contributed by atoms with Crippen LogP contribution in [0, 0.1) is 0 Å². The van der Waals surface area contributed by atoms with E-state index in [1.807, 2.05) is 0 Å². The van der Waals surface area contributed by atoms with Gasteiger partial charge in [0.05, 0.1) is 0 Å². The summed E-state index contributed by atoms with van der Waals surface area (Å²) in [6.07, 6.45) is 0. The van der Waals surface area contributed by atoms with Crippen LogP contribution in [-0.4, -0.2) is 27.2 Å². The summed E-state index contributed by atoms with van der Waals surface area (Å²) in [5.41, 5.74) is 2.60. The molecule has 0 aromatic heterocycles. The highest BCUT2D eigenvalue weighted by Gasteiger charge is 2.46. The lowest BCUT2D eigenvalue weighted by Crippen LogP contribution is -2.55. The molecule has 0 N–H and O–H groups in total. The molecule has 0 unspecified atom stereocenters. The summed E-state index contributed by atoms with van der Waals surface area (Å²) in [5, 5.41) is 0. The van der Waals surface area contributed by atoms with Crippen molar-refractivity contribution in [1.29, 1.82) is 0 Å². The van der Waals surface area contributed by atoms with Crippen LogP contribution in [0.1, 0.15) is 5.56 Å². The fourth-order valence-corrected chi connectivity index (χ4v) is 17.0. The largest absolute Gasteiger partial charge is 0.342 e. The molecule has 1 heterocycles. The average molecular weight is 276 g/mol. The molecule has 1 aliphatic rings. The van der Waals surface area contributed by atoms with Crippen molar-refractivity contribution in [2.24, 2.45) is 0 Å². The molecule has 1 fully saturated rings.